The fourth-order valence-electron chi connectivity index (χ4n) is 1.44. The predicted molar refractivity (Wildman–Crippen MR) is 50.3 cm³/mol. The minimum absolute atomic E-state index is 0.260. The molecule has 0 aromatic heterocycles. The van der Waals surface area contributed by atoms with E-state index in [4.69, 9.17) is 10.5 Å². The van der Waals surface area contributed by atoms with Gasteiger partial charge in [0.15, 0.2) is 0 Å². The highest BCUT2D eigenvalue weighted by Crippen LogP contribution is 2.10. The van der Waals surface area contributed by atoms with Gasteiger partial charge >= 0.3 is 0 Å². The number of ether oxygens (including phenoxy) is 1. The topological polar surface area (TPSA) is 64.3 Å². The Hall–Kier alpha value is -0.610. The van der Waals surface area contributed by atoms with Crippen molar-refractivity contribution in [3.05, 3.63) is 0 Å². The third-order valence-corrected chi connectivity index (χ3v) is 2.32. The normalized spacial score (nSPS) is 28.7. The molecule has 1 amide bonds. The Kier molecular flexibility index (Phi) is 4.18. The van der Waals surface area contributed by atoms with Crippen LogP contribution >= 0.6 is 0 Å². The van der Waals surface area contributed by atoms with Crippen LogP contribution in [0.15, 0.2) is 0 Å². The summed E-state index contributed by atoms with van der Waals surface area (Å²) in [6, 6.07) is 0.594. The van der Waals surface area contributed by atoms with Crippen LogP contribution < -0.4 is 11.1 Å². The van der Waals surface area contributed by atoms with Gasteiger partial charge in [-0.15, -0.1) is 0 Å². The number of primary amides is 1. The summed E-state index contributed by atoms with van der Waals surface area (Å²) in [5, 5.41) is 3.33. The van der Waals surface area contributed by atoms with Crippen molar-refractivity contribution in [2.75, 3.05) is 13.2 Å². The molecular weight excluding hydrogens is 168 g/mol. The molecule has 1 heterocycles. The molecule has 2 atom stereocenters. The molecule has 13 heavy (non-hydrogen) atoms. The zero-order valence-corrected chi connectivity index (χ0v) is 8.08. The van der Waals surface area contributed by atoms with Crippen LogP contribution in [0.5, 0.6) is 0 Å². The molecule has 1 aliphatic heterocycles. The summed E-state index contributed by atoms with van der Waals surface area (Å²) < 4.78 is 5.48. The second-order valence-corrected chi connectivity index (χ2v) is 3.60. The average Bonchev–Trinajstić information content (AvgIpc) is 2.08. The van der Waals surface area contributed by atoms with Gasteiger partial charge in [0.1, 0.15) is 0 Å². The summed E-state index contributed by atoms with van der Waals surface area (Å²) in [6.07, 6.45) is 2.80. The lowest BCUT2D eigenvalue weighted by Crippen LogP contribution is -2.41. The average molecular weight is 186 g/mol. The Morgan fingerprint density at radius 2 is 2.38 bits per heavy atom. The first-order valence-electron chi connectivity index (χ1n) is 4.82. The monoisotopic (exact) mass is 186 g/mol. The van der Waals surface area contributed by atoms with Gasteiger partial charge in [-0.05, 0) is 19.8 Å². The van der Waals surface area contributed by atoms with Crippen molar-refractivity contribution in [3.63, 3.8) is 0 Å². The molecule has 76 valence electrons. The lowest BCUT2D eigenvalue weighted by molar-refractivity contribution is -0.119. The van der Waals surface area contributed by atoms with Crippen LogP contribution in [-0.2, 0) is 9.53 Å². The van der Waals surface area contributed by atoms with Gasteiger partial charge in [-0.2, -0.15) is 0 Å². The lowest BCUT2D eigenvalue weighted by atomic mass is 10.0. The maximum atomic E-state index is 10.4. The Bertz CT molecular complexity index is 165. The molecule has 0 spiro atoms. The number of nitrogens with two attached hydrogens (primary N) is 1. The molecule has 4 nitrogen and oxygen atoms in total. The summed E-state index contributed by atoms with van der Waals surface area (Å²) in [7, 11) is 0. The van der Waals surface area contributed by atoms with E-state index in [0.29, 0.717) is 19.1 Å². The van der Waals surface area contributed by atoms with E-state index in [0.717, 1.165) is 19.4 Å². The summed E-state index contributed by atoms with van der Waals surface area (Å²) in [4.78, 5) is 10.4. The molecule has 3 N–H and O–H groups in total. The number of nitrogens with one attached hydrogen (secondary N) is 1. The Morgan fingerprint density at radius 3 is 2.92 bits per heavy atom. The first-order valence-corrected chi connectivity index (χ1v) is 4.82. The van der Waals surface area contributed by atoms with Gasteiger partial charge < -0.3 is 15.8 Å². The van der Waals surface area contributed by atoms with Crippen molar-refractivity contribution < 1.29 is 9.53 Å². The fraction of sp³-hybridized carbons (Fsp3) is 0.889. The maximum Gasteiger partial charge on any atom is 0.219 e. The van der Waals surface area contributed by atoms with Gasteiger partial charge in [-0.25, -0.2) is 0 Å². The van der Waals surface area contributed by atoms with Gasteiger partial charge in [0, 0.05) is 19.0 Å². The van der Waals surface area contributed by atoms with E-state index in [1.165, 1.54) is 0 Å². The van der Waals surface area contributed by atoms with Crippen molar-refractivity contribution >= 4 is 5.91 Å². The molecule has 4 heteroatoms. The number of hydrogen-bond donors (Lipinski definition) is 2. The number of amides is 1. The standard InChI is InChI=1S/C9H18N2O2/c1-7-2-3-8(6-11-7)13-5-4-9(10)12/h7-8,11H,2-6H2,1H3,(H2,10,12). The van der Waals surface area contributed by atoms with E-state index < -0.39 is 0 Å². The van der Waals surface area contributed by atoms with Gasteiger partial charge in [0.05, 0.1) is 12.7 Å². The second-order valence-electron chi connectivity index (χ2n) is 3.60. The minimum atomic E-state index is -0.294. The highest BCUT2D eigenvalue weighted by Gasteiger charge is 2.17. The molecular formula is C9H18N2O2. The number of piperidine rings is 1. The molecule has 0 aromatic rings. The van der Waals surface area contributed by atoms with Crippen LogP contribution in [0.3, 0.4) is 0 Å². The summed E-state index contributed by atoms with van der Waals surface area (Å²) in [5.74, 6) is -0.294. The van der Waals surface area contributed by atoms with Gasteiger partial charge in [0.2, 0.25) is 5.91 Å². The van der Waals surface area contributed by atoms with Gasteiger partial charge in [-0.3, -0.25) is 4.79 Å². The highest BCUT2D eigenvalue weighted by atomic mass is 16.5. The number of rotatable bonds is 4. The SMILES string of the molecule is CC1CCC(OCCC(N)=O)CN1. The lowest BCUT2D eigenvalue weighted by Gasteiger charge is -2.27. The van der Waals surface area contributed by atoms with Gasteiger partial charge in [-0.1, -0.05) is 0 Å². The molecule has 0 aliphatic carbocycles. The highest BCUT2D eigenvalue weighted by molar-refractivity contribution is 5.73. The quantitative estimate of drug-likeness (QED) is 0.650. The predicted octanol–water partition coefficient (Wildman–Crippen LogP) is 0.0189. The number of carbonyl (C=O) groups excluding carboxylic acids is 1. The van der Waals surface area contributed by atoms with Crippen LogP contribution in [0.25, 0.3) is 0 Å². The first-order chi connectivity index (χ1) is 6.18. The van der Waals surface area contributed by atoms with Crippen molar-refractivity contribution in [2.45, 2.75) is 38.3 Å². The van der Waals surface area contributed by atoms with Crippen LogP contribution in [0.1, 0.15) is 26.2 Å². The van der Waals surface area contributed by atoms with Crippen LogP contribution in [-0.4, -0.2) is 31.2 Å². The number of carbonyl (C=O) groups is 1. The van der Waals surface area contributed by atoms with Crippen LogP contribution in [0.4, 0.5) is 0 Å². The Balaban J connectivity index is 2.05. The van der Waals surface area contributed by atoms with E-state index in [-0.39, 0.29) is 12.0 Å². The smallest absolute Gasteiger partial charge is 0.219 e. The molecule has 0 radical (unpaired) electrons. The fourth-order valence-corrected chi connectivity index (χ4v) is 1.44. The third kappa shape index (κ3) is 4.24. The molecule has 1 fully saturated rings. The molecule has 1 saturated heterocycles. The second kappa shape index (κ2) is 5.19. The van der Waals surface area contributed by atoms with Crippen molar-refractivity contribution in [1.29, 1.82) is 0 Å². The minimum Gasteiger partial charge on any atom is -0.376 e. The van der Waals surface area contributed by atoms with Crippen molar-refractivity contribution in [3.8, 4) is 0 Å². The summed E-state index contributed by atoms with van der Waals surface area (Å²) >= 11 is 0. The van der Waals surface area contributed by atoms with Crippen molar-refractivity contribution in [1.82, 2.24) is 5.32 Å². The molecule has 1 aliphatic rings. The van der Waals surface area contributed by atoms with Crippen molar-refractivity contribution in [2.24, 2.45) is 5.73 Å². The van der Waals surface area contributed by atoms with Crippen LogP contribution in [0, 0.1) is 0 Å². The van der Waals surface area contributed by atoms with Crippen LogP contribution in [0.2, 0.25) is 0 Å². The molecule has 0 saturated carbocycles. The Morgan fingerprint density at radius 1 is 1.62 bits per heavy atom. The van der Waals surface area contributed by atoms with E-state index in [2.05, 4.69) is 12.2 Å². The van der Waals surface area contributed by atoms with E-state index >= 15 is 0 Å². The zero-order chi connectivity index (χ0) is 9.68. The van der Waals surface area contributed by atoms with Gasteiger partial charge in [0.25, 0.3) is 0 Å². The molecule has 0 aromatic carbocycles. The maximum absolute atomic E-state index is 10.4. The van der Waals surface area contributed by atoms with E-state index in [1.54, 1.807) is 0 Å². The Labute approximate surface area is 78.8 Å². The molecule has 2 unspecified atom stereocenters. The first kappa shape index (κ1) is 10.5. The molecule has 1 rings (SSSR count). The zero-order valence-electron chi connectivity index (χ0n) is 8.08. The largest absolute Gasteiger partial charge is 0.376 e. The molecule has 0 bridgehead atoms. The third-order valence-electron chi connectivity index (χ3n) is 2.32. The van der Waals surface area contributed by atoms with E-state index in [1.807, 2.05) is 0 Å². The summed E-state index contributed by atoms with van der Waals surface area (Å²) in [6.45, 7) is 3.51. The van der Waals surface area contributed by atoms with E-state index in [9.17, 15) is 4.79 Å². The number of hydrogen-bond acceptors (Lipinski definition) is 3. The summed E-state index contributed by atoms with van der Waals surface area (Å²) in [5.41, 5.74) is 5.00.